The zero-order valence-corrected chi connectivity index (χ0v) is 7.58. The van der Waals surface area contributed by atoms with E-state index in [2.05, 4.69) is 0 Å². The Bertz CT molecular complexity index is 395. The van der Waals surface area contributed by atoms with Gasteiger partial charge in [-0.2, -0.15) is 0 Å². The second-order valence-electron chi connectivity index (χ2n) is 3.03. The highest BCUT2D eigenvalue weighted by molar-refractivity contribution is 5.68. The van der Waals surface area contributed by atoms with Gasteiger partial charge in [-0.25, -0.2) is 8.78 Å². The smallest absolute Gasteiger partial charge is 0.305 e. The number of hydrogen-bond acceptors (Lipinski definition) is 3. The lowest BCUT2D eigenvalue weighted by Crippen LogP contribution is -2.15. The lowest BCUT2D eigenvalue weighted by molar-refractivity contribution is -0.137. The Morgan fingerprint density at radius 1 is 1.40 bits per heavy atom. The van der Waals surface area contributed by atoms with Crippen LogP contribution in [-0.2, 0) is 4.79 Å². The summed E-state index contributed by atoms with van der Waals surface area (Å²) in [5, 5.41) is 17.7. The minimum absolute atomic E-state index is 0.128. The second-order valence-corrected chi connectivity index (χ2v) is 3.03. The molecule has 15 heavy (non-hydrogen) atoms. The molecular weight excluding hydrogens is 208 g/mol. The van der Waals surface area contributed by atoms with Crippen LogP contribution in [0.5, 0.6) is 5.75 Å². The first-order valence-electron chi connectivity index (χ1n) is 4.07. The van der Waals surface area contributed by atoms with Crippen LogP contribution in [0.15, 0.2) is 12.1 Å². The van der Waals surface area contributed by atoms with Gasteiger partial charge in [-0.15, -0.1) is 0 Å². The summed E-state index contributed by atoms with van der Waals surface area (Å²) in [4.78, 5) is 10.3. The summed E-state index contributed by atoms with van der Waals surface area (Å²) in [6.07, 6.45) is -0.474. The number of halogens is 2. The van der Waals surface area contributed by atoms with Crippen molar-refractivity contribution in [3.05, 3.63) is 29.3 Å². The van der Waals surface area contributed by atoms with Crippen molar-refractivity contribution in [2.75, 3.05) is 0 Å². The van der Waals surface area contributed by atoms with E-state index in [-0.39, 0.29) is 5.56 Å². The van der Waals surface area contributed by atoms with Crippen molar-refractivity contribution in [2.24, 2.45) is 5.73 Å². The van der Waals surface area contributed by atoms with Gasteiger partial charge in [0.25, 0.3) is 0 Å². The number of phenolic OH excluding ortho intramolecular Hbond substituents is 1. The van der Waals surface area contributed by atoms with E-state index in [1.54, 1.807) is 0 Å². The molecule has 0 aliphatic carbocycles. The van der Waals surface area contributed by atoms with Crippen LogP contribution in [0.2, 0.25) is 0 Å². The Kier molecular flexibility index (Phi) is 3.21. The molecule has 0 heterocycles. The van der Waals surface area contributed by atoms with Crippen LogP contribution >= 0.6 is 0 Å². The average Bonchev–Trinajstić information content (AvgIpc) is 2.09. The van der Waals surface area contributed by atoms with E-state index in [9.17, 15) is 18.7 Å². The standard InChI is InChI=1S/C9H9F2NO3/c10-5-1-4(7(12)3-9(14)15)8(13)2-6(5)11/h1-2,7,13H,3,12H2,(H,14,15). The van der Waals surface area contributed by atoms with Gasteiger partial charge in [0.05, 0.1) is 6.42 Å². The van der Waals surface area contributed by atoms with Gasteiger partial charge in [0.1, 0.15) is 5.75 Å². The summed E-state index contributed by atoms with van der Waals surface area (Å²) < 4.78 is 25.4. The van der Waals surface area contributed by atoms with Crippen molar-refractivity contribution < 1.29 is 23.8 Å². The molecule has 0 fully saturated rings. The maximum atomic E-state index is 12.8. The molecule has 6 heteroatoms. The van der Waals surface area contributed by atoms with E-state index >= 15 is 0 Å². The predicted molar refractivity (Wildman–Crippen MR) is 47.2 cm³/mol. The van der Waals surface area contributed by atoms with Gasteiger partial charge in [0.2, 0.25) is 0 Å². The SMILES string of the molecule is NC(CC(=O)O)c1cc(F)c(F)cc1O. The summed E-state index contributed by atoms with van der Waals surface area (Å²) in [5.74, 6) is -4.13. The molecule has 1 atom stereocenters. The third-order valence-corrected chi connectivity index (χ3v) is 1.86. The Morgan fingerprint density at radius 2 is 1.93 bits per heavy atom. The van der Waals surface area contributed by atoms with Crippen LogP contribution in [0.1, 0.15) is 18.0 Å². The number of carbonyl (C=O) groups is 1. The fourth-order valence-electron chi connectivity index (χ4n) is 1.15. The number of carboxylic acids is 1. The number of carboxylic acid groups (broad SMARTS) is 1. The Morgan fingerprint density at radius 3 is 2.47 bits per heavy atom. The number of phenols is 1. The molecule has 0 aliphatic rings. The number of nitrogens with two attached hydrogens (primary N) is 1. The van der Waals surface area contributed by atoms with Gasteiger partial charge in [-0.3, -0.25) is 4.79 Å². The Hall–Kier alpha value is -1.69. The van der Waals surface area contributed by atoms with Gasteiger partial charge >= 0.3 is 5.97 Å². The highest BCUT2D eigenvalue weighted by Gasteiger charge is 2.17. The number of rotatable bonds is 3. The molecule has 0 spiro atoms. The van der Waals surface area contributed by atoms with Crippen LogP contribution in [0.25, 0.3) is 0 Å². The van der Waals surface area contributed by atoms with E-state index < -0.39 is 35.8 Å². The molecule has 0 aliphatic heterocycles. The second kappa shape index (κ2) is 4.22. The van der Waals surface area contributed by atoms with E-state index in [1.165, 1.54) is 0 Å². The molecule has 1 rings (SSSR count). The van der Waals surface area contributed by atoms with E-state index in [0.29, 0.717) is 12.1 Å². The summed E-state index contributed by atoms with van der Waals surface area (Å²) in [6, 6.07) is 0.183. The minimum Gasteiger partial charge on any atom is -0.507 e. The number of benzene rings is 1. The van der Waals surface area contributed by atoms with Crippen molar-refractivity contribution in [2.45, 2.75) is 12.5 Å². The first kappa shape index (κ1) is 11.4. The van der Waals surface area contributed by atoms with E-state index in [0.717, 1.165) is 0 Å². The van der Waals surface area contributed by atoms with Gasteiger partial charge < -0.3 is 15.9 Å². The number of aromatic hydroxyl groups is 1. The first-order chi connectivity index (χ1) is 6.91. The molecule has 4 nitrogen and oxygen atoms in total. The molecule has 1 aromatic rings. The molecule has 4 N–H and O–H groups in total. The topological polar surface area (TPSA) is 83.6 Å². The first-order valence-corrected chi connectivity index (χ1v) is 4.07. The van der Waals surface area contributed by atoms with Crippen molar-refractivity contribution >= 4 is 5.97 Å². The van der Waals surface area contributed by atoms with Crippen LogP contribution in [0.3, 0.4) is 0 Å². The molecule has 0 amide bonds. The Labute approximate surface area is 83.9 Å². The molecule has 0 radical (unpaired) electrons. The van der Waals surface area contributed by atoms with Crippen LogP contribution in [-0.4, -0.2) is 16.2 Å². The summed E-state index contributed by atoms with van der Waals surface area (Å²) in [7, 11) is 0. The van der Waals surface area contributed by atoms with E-state index in [1.807, 2.05) is 0 Å². The number of aliphatic carboxylic acids is 1. The third-order valence-electron chi connectivity index (χ3n) is 1.86. The average molecular weight is 217 g/mol. The van der Waals surface area contributed by atoms with Gasteiger partial charge in [-0.1, -0.05) is 0 Å². The van der Waals surface area contributed by atoms with Crippen molar-refractivity contribution in [1.29, 1.82) is 0 Å². The van der Waals surface area contributed by atoms with Crippen molar-refractivity contribution in [3.8, 4) is 5.75 Å². The normalized spacial score (nSPS) is 12.5. The molecule has 1 aromatic carbocycles. The lowest BCUT2D eigenvalue weighted by Gasteiger charge is -2.11. The lowest BCUT2D eigenvalue weighted by atomic mass is 10.0. The summed E-state index contributed by atoms with van der Waals surface area (Å²) in [6.45, 7) is 0. The summed E-state index contributed by atoms with van der Waals surface area (Å²) in [5.41, 5.74) is 5.26. The highest BCUT2D eigenvalue weighted by atomic mass is 19.2. The molecule has 82 valence electrons. The maximum Gasteiger partial charge on any atom is 0.305 e. The third kappa shape index (κ3) is 2.63. The summed E-state index contributed by atoms with van der Waals surface area (Å²) >= 11 is 0. The zero-order valence-electron chi connectivity index (χ0n) is 7.58. The maximum absolute atomic E-state index is 12.8. The molecule has 0 bridgehead atoms. The van der Waals surface area contributed by atoms with Gasteiger partial charge in [0, 0.05) is 17.7 Å². The predicted octanol–water partition coefficient (Wildman–Crippen LogP) is 1.14. The monoisotopic (exact) mass is 217 g/mol. The fraction of sp³-hybridized carbons (Fsp3) is 0.222. The number of hydrogen-bond donors (Lipinski definition) is 3. The van der Waals surface area contributed by atoms with Gasteiger partial charge in [0.15, 0.2) is 11.6 Å². The molecule has 0 aromatic heterocycles. The van der Waals surface area contributed by atoms with Crippen LogP contribution in [0.4, 0.5) is 8.78 Å². The molecule has 0 saturated carbocycles. The van der Waals surface area contributed by atoms with Crippen LogP contribution in [0, 0.1) is 11.6 Å². The zero-order chi connectivity index (χ0) is 11.6. The highest BCUT2D eigenvalue weighted by Crippen LogP contribution is 2.27. The Balaban J connectivity index is 3.03. The van der Waals surface area contributed by atoms with Crippen molar-refractivity contribution in [1.82, 2.24) is 0 Å². The minimum atomic E-state index is -1.21. The largest absolute Gasteiger partial charge is 0.507 e. The quantitative estimate of drug-likeness (QED) is 0.709. The fourth-order valence-corrected chi connectivity index (χ4v) is 1.15. The van der Waals surface area contributed by atoms with Crippen molar-refractivity contribution in [3.63, 3.8) is 0 Å². The molecule has 1 unspecified atom stereocenters. The van der Waals surface area contributed by atoms with Gasteiger partial charge in [-0.05, 0) is 6.07 Å². The molecular formula is C9H9F2NO3. The van der Waals surface area contributed by atoms with Crippen LogP contribution < -0.4 is 5.73 Å². The van der Waals surface area contributed by atoms with E-state index in [4.69, 9.17) is 10.8 Å². The molecule has 0 saturated heterocycles.